The molecule has 4 nitrogen and oxygen atoms in total. The molecule has 2 rings (SSSR count). The van der Waals surface area contributed by atoms with Crippen molar-refractivity contribution in [3.05, 3.63) is 47.4 Å². The highest BCUT2D eigenvalue weighted by molar-refractivity contribution is 6.33. The van der Waals surface area contributed by atoms with Gasteiger partial charge in [-0.1, -0.05) is 12.1 Å². The molecule has 0 unspecified atom stereocenters. The molecule has 0 fully saturated rings. The lowest BCUT2D eigenvalue weighted by atomic mass is 10.2. The number of nitrogen functional groups attached to an aromatic ring is 1. The molecule has 0 saturated heterocycles. The van der Waals surface area contributed by atoms with Crippen LogP contribution < -0.4 is 10.6 Å². The molecule has 18 heavy (non-hydrogen) atoms. The van der Waals surface area contributed by atoms with Crippen molar-refractivity contribution >= 4 is 28.9 Å². The van der Waals surface area contributed by atoms with E-state index < -0.39 is 0 Å². The van der Waals surface area contributed by atoms with Crippen LogP contribution >= 0.6 is 11.6 Å². The number of hydrogen-bond donors (Lipinski definition) is 1. The number of furan rings is 1. The van der Waals surface area contributed by atoms with Gasteiger partial charge in [-0.05, 0) is 36.7 Å². The van der Waals surface area contributed by atoms with E-state index in [0.717, 1.165) is 0 Å². The van der Waals surface area contributed by atoms with E-state index in [1.165, 1.54) is 6.26 Å². The monoisotopic (exact) mass is 264 g/mol. The van der Waals surface area contributed by atoms with Crippen molar-refractivity contribution in [2.45, 2.75) is 6.92 Å². The molecule has 2 N–H and O–H groups in total. The summed E-state index contributed by atoms with van der Waals surface area (Å²) in [4.78, 5) is 13.9. The molecule has 5 heteroatoms. The lowest BCUT2D eigenvalue weighted by molar-refractivity contribution is 0.0988. The van der Waals surface area contributed by atoms with Gasteiger partial charge >= 0.3 is 0 Å². The highest BCUT2D eigenvalue weighted by Crippen LogP contribution is 2.26. The number of benzene rings is 1. The van der Waals surface area contributed by atoms with Crippen LogP contribution in [0.15, 0.2) is 41.0 Å². The van der Waals surface area contributed by atoms with Crippen molar-refractivity contribution in [1.29, 1.82) is 0 Å². The third kappa shape index (κ3) is 2.19. The molecular weight excluding hydrogens is 252 g/mol. The number of rotatable bonds is 3. The van der Waals surface area contributed by atoms with Gasteiger partial charge < -0.3 is 15.1 Å². The molecule has 0 bridgehead atoms. The summed E-state index contributed by atoms with van der Waals surface area (Å²) in [6, 6.07) is 8.75. The van der Waals surface area contributed by atoms with Crippen LogP contribution in [0.25, 0.3) is 0 Å². The van der Waals surface area contributed by atoms with Gasteiger partial charge in [0, 0.05) is 6.54 Å². The van der Waals surface area contributed by atoms with Gasteiger partial charge in [0.25, 0.3) is 5.91 Å². The molecular formula is C13H13ClN2O2. The second-order valence-electron chi connectivity index (χ2n) is 3.72. The first-order chi connectivity index (χ1) is 8.65. The Hall–Kier alpha value is -1.94. The number of amides is 1. The van der Waals surface area contributed by atoms with Crippen LogP contribution in [-0.2, 0) is 0 Å². The Morgan fingerprint density at radius 1 is 1.39 bits per heavy atom. The molecule has 1 heterocycles. The van der Waals surface area contributed by atoms with E-state index in [2.05, 4.69) is 0 Å². The molecule has 0 radical (unpaired) electrons. The van der Waals surface area contributed by atoms with E-state index in [0.29, 0.717) is 23.5 Å². The zero-order chi connectivity index (χ0) is 13.1. The van der Waals surface area contributed by atoms with Crippen molar-refractivity contribution in [3.8, 4) is 0 Å². The average Bonchev–Trinajstić information content (AvgIpc) is 2.78. The van der Waals surface area contributed by atoms with Crippen LogP contribution in [0.3, 0.4) is 0 Å². The van der Waals surface area contributed by atoms with Gasteiger partial charge in [-0.25, -0.2) is 0 Å². The summed E-state index contributed by atoms with van der Waals surface area (Å²) in [5.41, 5.74) is 7.43. The molecule has 0 atom stereocenters. The van der Waals surface area contributed by atoms with Crippen LogP contribution in [0, 0.1) is 0 Å². The van der Waals surface area contributed by atoms with Crippen molar-refractivity contribution < 1.29 is 9.21 Å². The highest BCUT2D eigenvalue weighted by atomic mass is 35.5. The van der Waals surface area contributed by atoms with Crippen LogP contribution in [0.4, 0.5) is 11.4 Å². The minimum absolute atomic E-state index is 0.0907. The molecule has 0 aliphatic heterocycles. The fraction of sp³-hybridized carbons (Fsp3) is 0.154. The van der Waals surface area contributed by atoms with E-state index >= 15 is 0 Å². The number of halogens is 1. The molecule has 0 aliphatic rings. The van der Waals surface area contributed by atoms with E-state index in [9.17, 15) is 4.79 Å². The van der Waals surface area contributed by atoms with Crippen molar-refractivity contribution in [3.63, 3.8) is 0 Å². The molecule has 0 spiro atoms. The van der Waals surface area contributed by atoms with E-state index in [1.807, 2.05) is 19.1 Å². The van der Waals surface area contributed by atoms with E-state index in [-0.39, 0.29) is 11.1 Å². The van der Waals surface area contributed by atoms with Crippen LogP contribution in [0.5, 0.6) is 0 Å². The lowest BCUT2D eigenvalue weighted by Gasteiger charge is -2.22. The molecule has 2 aromatic rings. The smallest absolute Gasteiger partial charge is 0.263 e. The Balaban J connectivity index is 2.39. The predicted molar refractivity (Wildman–Crippen MR) is 71.9 cm³/mol. The number of nitrogens with two attached hydrogens (primary N) is 1. The first-order valence-corrected chi connectivity index (χ1v) is 5.92. The van der Waals surface area contributed by atoms with E-state index in [1.54, 1.807) is 23.1 Å². The minimum Gasteiger partial charge on any atom is -0.452 e. The maximum atomic E-state index is 12.3. The summed E-state index contributed by atoms with van der Waals surface area (Å²) in [6.45, 7) is 2.37. The van der Waals surface area contributed by atoms with E-state index in [4.69, 9.17) is 21.8 Å². The zero-order valence-corrected chi connectivity index (χ0v) is 10.6. The fourth-order valence-electron chi connectivity index (χ4n) is 1.75. The number of hydrogen-bond acceptors (Lipinski definition) is 3. The number of carbonyl (C=O) groups excluding carboxylic acids is 1. The standard InChI is InChI=1S/C13H13ClN2O2/c1-2-16(11-6-4-3-5-10(11)15)13(17)9-7-8-18-12(9)14/h3-8H,2,15H2,1H3. The molecule has 1 aromatic heterocycles. The number of para-hydroxylation sites is 2. The first kappa shape index (κ1) is 12.5. The van der Waals surface area contributed by atoms with Gasteiger partial charge in [0.15, 0.2) is 0 Å². The largest absolute Gasteiger partial charge is 0.452 e. The molecule has 1 amide bonds. The maximum Gasteiger partial charge on any atom is 0.263 e. The van der Waals surface area contributed by atoms with Gasteiger partial charge in [0.2, 0.25) is 5.22 Å². The SMILES string of the molecule is CCN(C(=O)c1ccoc1Cl)c1ccccc1N. The molecule has 0 saturated carbocycles. The summed E-state index contributed by atoms with van der Waals surface area (Å²) in [5, 5.41) is 0.0907. The Kier molecular flexibility index (Phi) is 3.58. The van der Waals surface area contributed by atoms with Crippen molar-refractivity contribution in [1.82, 2.24) is 0 Å². The summed E-state index contributed by atoms with van der Waals surface area (Å²) < 4.78 is 4.93. The molecule has 0 aliphatic carbocycles. The third-order valence-electron chi connectivity index (χ3n) is 2.64. The molecule has 94 valence electrons. The fourth-order valence-corrected chi connectivity index (χ4v) is 1.94. The zero-order valence-electron chi connectivity index (χ0n) is 9.89. The summed E-state index contributed by atoms with van der Waals surface area (Å²) in [7, 11) is 0. The number of nitrogens with zero attached hydrogens (tertiary/aromatic N) is 1. The van der Waals surface area contributed by atoms with Crippen molar-refractivity contribution in [2.24, 2.45) is 0 Å². The normalized spacial score (nSPS) is 10.3. The average molecular weight is 265 g/mol. The van der Waals surface area contributed by atoms with Gasteiger partial charge in [-0.3, -0.25) is 4.79 Å². The van der Waals surface area contributed by atoms with Crippen LogP contribution in [0.2, 0.25) is 5.22 Å². The van der Waals surface area contributed by atoms with Gasteiger partial charge in [-0.15, -0.1) is 0 Å². The third-order valence-corrected chi connectivity index (χ3v) is 2.93. The molecule has 1 aromatic carbocycles. The number of carbonyl (C=O) groups is 1. The second-order valence-corrected chi connectivity index (χ2v) is 4.06. The Bertz CT molecular complexity index is 566. The minimum atomic E-state index is -0.228. The topological polar surface area (TPSA) is 59.5 Å². The van der Waals surface area contributed by atoms with Crippen molar-refractivity contribution in [2.75, 3.05) is 17.2 Å². The second kappa shape index (κ2) is 5.14. The predicted octanol–water partition coefficient (Wildman–Crippen LogP) is 3.18. The number of anilines is 2. The Morgan fingerprint density at radius 3 is 2.67 bits per heavy atom. The first-order valence-electron chi connectivity index (χ1n) is 5.54. The maximum absolute atomic E-state index is 12.3. The summed E-state index contributed by atoms with van der Waals surface area (Å²) in [6.07, 6.45) is 1.39. The summed E-state index contributed by atoms with van der Waals surface area (Å²) in [5.74, 6) is -0.228. The summed E-state index contributed by atoms with van der Waals surface area (Å²) >= 11 is 5.82. The Labute approximate surface area is 110 Å². The quantitative estimate of drug-likeness (QED) is 0.866. The van der Waals surface area contributed by atoms with Gasteiger partial charge in [0.05, 0.1) is 23.2 Å². The highest BCUT2D eigenvalue weighted by Gasteiger charge is 2.21. The lowest BCUT2D eigenvalue weighted by Crippen LogP contribution is -2.31. The van der Waals surface area contributed by atoms with Gasteiger partial charge in [-0.2, -0.15) is 0 Å². The van der Waals surface area contributed by atoms with Crippen LogP contribution in [0.1, 0.15) is 17.3 Å². The van der Waals surface area contributed by atoms with Gasteiger partial charge in [0.1, 0.15) is 0 Å². The van der Waals surface area contributed by atoms with Crippen LogP contribution in [-0.4, -0.2) is 12.5 Å². The Morgan fingerprint density at radius 2 is 2.11 bits per heavy atom.